The van der Waals surface area contributed by atoms with Gasteiger partial charge in [-0.1, -0.05) is 13.3 Å². The quantitative estimate of drug-likeness (QED) is 0.886. The Morgan fingerprint density at radius 1 is 1.35 bits per heavy atom. The van der Waals surface area contributed by atoms with Crippen LogP contribution in [0, 0.1) is 11.6 Å². The van der Waals surface area contributed by atoms with Crippen LogP contribution in [0.5, 0.6) is 0 Å². The third kappa shape index (κ3) is 3.50. The van der Waals surface area contributed by atoms with Gasteiger partial charge in [0.2, 0.25) is 0 Å². The number of hydrogen-bond donors (Lipinski definition) is 1. The van der Waals surface area contributed by atoms with E-state index in [0.717, 1.165) is 44.6 Å². The second-order valence-electron chi connectivity index (χ2n) is 6.96. The fourth-order valence-electron chi connectivity index (χ4n) is 3.82. The largest absolute Gasteiger partial charge is 0.312 e. The zero-order valence-corrected chi connectivity index (χ0v) is 15.6. The van der Waals surface area contributed by atoms with Crippen molar-refractivity contribution in [3.05, 3.63) is 39.9 Å². The summed E-state index contributed by atoms with van der Waals surface area (Å²) in [4.78, 5) is 19.7. The Kier molecular flexibility index (Phi) is 5.67. The molecule has 0 bridgehead atoms. The van der Waals surface area contributed by atoms with Crippen molar-refractivity contribution in [2.24, 2.45) is 0 Å². The van der Waals surface area contributed by atoms with Crippen molar-refractivity contribution < 1.29 is 8.78 Å². The monoisotopic (exact) mass is 364 g/mol. The van der Waals surface area contributed by atoms with E-state index in [-0.39, 0.29) is 22.5 Å². The summed E-state index contributed by atoms with van der Waals surface area (Å²) in [6.07, 6.45) is 1.75. The van der Waals surface area contributed by atoms with Crippen molar-refractivity contribution in [1.82, 2.24) is 19.8 Å². The number of halogens is 2. The molecule has 0 aliphatic carbocycles. The van der Waals surface area contributed by atoms with E-state index in [4.69, 9.17) is 0 Å². The molecule has 2 heterocycles. The number of nitrogens with zero attached hydrogens (tertiary/aromatic N) is 3. The molecule has 1 aliphatic heterocycles. The first kappa shape index (κ1) is 18.9. The van der Waals surface area contributed by atoms with Gasteiger partial charge in [-0.2, -0.15) is 0 Å². The Morgan fingerprint density at radius 3 is 2.77 bits per heavy atom. The molecule has 1 N–H and O–H groups in total. The van der Waals surface area contributed by atoms with Crippen LogP contribution < -0.4 is 10.9 Å². The predicted octanol–water partition coefficient (Wildman–Crippen LogP) is 2.83. The smallest absolute Gasteiger partial charge is 0.261 e. The summed E-state index contributed by atoms with van der Waals surface area (Å²) in [5.74, 6) is -0.970. The molecule has 2 atom stereocenters. The summed E-state index contributed by atoms with van der Waals surface area (Å²) in [6.45, 7) is 9.04. The molecule has 1 saturated heterocycles. The van der Waals surface area contributed by atoms with E-state index < -0.39 is 11.6 Å². The lowest BCUT2D eigenvalue weighted by Crippen LogP contribution is -2.51. The van der Waals surface area contributed by atoms with Gasteiger partial charge in [-0.15, -0.1) is 0 Å². The number of fused-ring (bicyclic) bond motifs is 1. The van der Waals surface area contributed by atoms with Crippen LogP contribution in [0.4, 0.5) is 8.78 Å². The SMILES string of the molecule is CCC[C@H](c1nc2c(F)cc(F)cc2c(=O)n1CC)N1CCN[C@@H](C)C1. The molecule has 1 aliphatic rings. The molecule has 5 nitrogen and oxygen atoms in total. The fourth-order valence-corrected chi connectivity index (χ4v) is 3.82. The summed E-state index contributed by atoms with van der Waals surface area (Å²) in [7, 11) is 0. The van der Waals surface area contributed by atoms with Gasteiger partial charge in [-0.3, -0.25) is 14.3 Å². The van der Waals surface area contributed by atoms with Crippen molar-refractivity contribution in [3.63, 3.8) is 0 Å². The molecule has 26 heavy (non-hydrogen) atoms. The van der Waals surface area contributed by atoms with Crippen molar-refractivity contribution in [1.29, 1.82) is 0 Å². The van der Waals surface area contributed by atoms with E-state index in [9.17, 15) is 13.6 Å². The molecule has 0 spiro atoms. The lowest BCUT2D eigenvalue weighted by molar-refractivity contribution is 0.132. The number of nitrogens with one attached hydrogen (secondary N) is 1. The molecule has 0 saturated carbocycles. The molecule has 1 fully saturated rings. The van der Waals surface area contributed by atoms with Crippen LogP contribution in [0.25, 0.3) is 10.9 Å². The normalized spacial score (nSPS) is 19.8. The Labute approximate surface area is 152 Å². The molecule has 2 aromatic rings. The third-order valence-corrected chi connectivity index (χ3v) is 5.02. The molecule has 142 valence electrons. The molecular weight excluding hydrogens is 338 g/mol. The minimum Gasteiger partial charge on any atom is -0.312 e. The maximum atomic E-state index is 14.3. The Bertz CT molecular complexity index is 852. The van der Waals surface area contributed by atoms with Crippen LogP contribution in [0.2, 0.25) is 0 Å². The van der Waals surface area contributed by atoms with Gasteiger partial charge >= 0.3 is 0 Å². The van der Waals surface area contributed by atoms with Crippen molar-refractivity contribution >= 4 is 10.9 Å². The number of benzene rings is 1. The van der Waals surface area contributed by atoms with Gasteiger partial charge in [-0.25, -0.2) is 13.8 Å². The first-order valence-corrected chi connectivity index (χ1v) is 9.33. The van der Waals surface area contributed by atoms with E-state index in [2.05, 4.69) is 29.0 Å². The second kappa shape index (κ2) is 7.80. The van der Waals surface area contributed by atoms with Gasteiger partial charge in [0, 0.05) is 38.3 Å². The zero-order valence-electron chi connectivity index (χ0n) is 15.6. The molecule has 7 heteroatoms. The van der Waals surface area contributed by atoms with Crippen LogP contribution >= 0.6 is 0 Å². The highest BCUT2D eigenvalue weighted by Gasteiger charge is 2.28. The molecular formula is C19H26F2N4O. The van der Waals surface area contributed by atoms with Crippen LogP contribution in [-0.2, 0) is 6.54 Å². The number of hydrogen-bond acceptors (Lipinski definition) is 4. The van der Waals surface area contributed by atoms with Gasteiger partial charge in [0.15, 0.2) is 5.82 Å². The standard InChI is InChI=1S/C19H26F2N4O/c1-4-6-16(24-8-7-22-12(3)11-24)18-23-17-14(19(26)25(18)5-2)9-13(20)10-15(17)21/h9-10,12,16,22H,4-8,11H2,1-3H3/t12-,16+/m0/s1. The average Bonchev–Trinajstić information content (AvgIpc) is 2.60. The number of piperazine rings is 1. The second-order valence-corrected chi connectivity index (χ2v) is 6.96. The highest BCUT2D eigenvalue weighted by Crippen LogP contribution is 2.27. The highest BCUT2D eigenvalue weighted by atomic mass is 19.1. The summed E-state index contributed by atoms with van der Waals surface area (Å²) in [5.41, 5.74) is -0.421. The van der Waals surface area contributed by atoms with E-state index in [1.54, 1.807) is 4.57 Å². The lowest BCUT2D eigenvalue weighted by Gasteiger charge is -2.38. The van der Waals surface area contributed by atoms with Gasteiger partial charge in [0.1, 0.15) is 17.2 Å². The predicted molar refractivity (Wildman–Crippen MR) is 98.3 cm³/mol. The minimum absolute atomic E-state index is 0.00275. The molecule has 0 unspecified atom stereocenters. The topological polar surface area (TPSA) is 50.2 Å². The van der Waals surface area contributed by atoms with E-state index in [0.29, 0.717) is 18.4 Å². The summed E-state index contributed by atoms with van der Waals surface area (Å²) >= 11 is 0. The molecule has 0 amide bonds. The van der Waals surface area contributed by atoms with Crippen molar-refractivity contribution in [2.75, 3.05) is 19.6 Å². The molecule has 1 aromatic heterocycles. The third-order valence-electron chi connectivity index (χ3n) is 5.02. The summed E-state index contributed by atoms with van der Waals surface area (Å²) in [5, 5.41) is 3.41. The van der Waals surface area contributed by atoms with E-state index in [1.165, 1.54) is 0 Å². The molecule has 3 rings (SSSR count). The first-order chi connectivity index (χ1) is 12.5. The molecule has 0 radical (unpaired) electrons. The van der Waals surface area contributed by atoms with Crippen molar-refractivity contribution in [2.45, 2.75) is 52.2 Å². The number of rotatable bonds is 5. The Morgan fingerprint density at radius 2 is 2.12 bits per heavy atom. The Hall–Kier alpha value is -1.86. The van der Waals surface area contributed by atoms with Gasteiger partial charge in [0.25, 0.3) is 5.56 Å². The Balaban J connectivity index is 2.18. The number of aromatic nitrogens is 2. The highest BCUT2D eigenvalue weighted by molar-refractivity contribution is 5.78. The maximum absolute atomic E-state index is 14.3. The maximum Gasteiger partial charge on any atom is 0.261 e. The summed E-state index contributed by atoms with van der Waals surface area (Å²) in [6, 6.07) is 2.14. The van der Waals surface area contributed by atoms with Gasteiger partial charge in [0.05, 0.1) is 11.4 Å². The first-order valence-electron chi connectivity index (χ1n) is 9.33. The van der Waals surface area contributed by atoms with Gasteiger partial charge in [-0.05, 0) is 26.3 Å². The molecule has 1 aromatic carbocycles. The van der Waals surface area contributed by atoms with E-state index in [1.807, 2.05) is 6.92 Å². The van der Waals surface area contributed by atoms with E-state index >= 15 is 0 Å². The summed E-state index contributed by atoms with van der Waals surface area (Å²) < 4.78 is 29.5. The zero-order chi connectivity index (χ0) is 18.8. The van der Waals surface area contributed by atoms with Gasteiger partial charge < -0.3 is 5.32 Å². The lowest BCUT2D eigenvalue weighted by atomic mass is 10.1. The van der Waals surface area contributed by atoms with Crippen LogP contribution in [0.1, 0.15) is 45.5 Å². The van der Waals surface area contributed by atoms with Crippen LogP contribution in [-0.4, -0.2) is 40.1 Å². The van der Waals surface area contributed by atoms with Crippen molar-refractivity contribution in [3.8, 4) is 0 Å². The average molecular weight is 364 g/mol. The van der Waals surface area contributed by atoms with Crippen LogP contribution in [0.3, 0.4) is 0 Å². The van der Waals surface area contributed by atoms with Crippen LogP contribution in [0.15, 0.2) is 16.9 Å². The minimum atomic E-state index is -0.787. The fraction of sp³-hybridized carbons (Fsp3) is 0.579.